The number of hydrogen-bond acceptors (Lipinski definition) is 7. The van der Waals surface area contributed by atoms with Gasteiger partial charge in [-0.1, -0.05) is 12.1 Å². The fraction of sp³-hybridized carbons (Fsp3) is 0.500. The number of carbonyl (C=O) groups excluding carboxylic acids is 3. The summed E-state index contributed by atoms with van der Waals surface area (Å²) in [6.45, 7) is -2.37. The molecule has 0 aromatic heterocycles. The lowest BCUT2D eigenvalue weighted by atomic mass is 9.93. The van der Waals surface area contributed by atoms with Crippen molar-refractivity contribution >= 4 is 23.7 Å². The highest BCUT2D eigenvalue weighted by Gasteiger charge is 2.66. The van der Waals surface area contributed by atoms with Crippen LogP contribution in [0.5, 0.6) is 0 Å². The van der Waals surface area contributed by atoms with Gasteiger partial charge in [0.15, 0.2) is 0 Å². The normalized spacial score (nSPS) is 15.8. The minimum absolute atomic E-state index is 0.447. The molecule has 3 N–H and O–H groups in total. The average molecular weight is 544 g/mol. The smallest absolute Gasteiger partial charge is 0.448 e. The fourth-order valence-corrected chi connectivity index (χ4v) is 2.50. The molecule has 0 bridgehead atoms. The van der Waals surface area contributed by atoms with Gasteiger partial charge in [0.1, 0.15) is 6.61 Å². The Kier molecular flexibility index (Phi) is 9.20. The number of urea groups is 1. The Balaban J connectivity index is 3.28. The van der Waals surface area contributed by atoms with Crippen molar-refractivity contribution in [2.24, 2.45) is 0 Å². The molecule has 0 unspecified atom stereocenters. The van der Waals surface area contributed by atoms with Gasteiger partial charge in [-0.15, -0.1) is 0 Å². The van der Waals surface area contributed by atoms with E-state index in [9.17, 15) is 59.0 Å². The molecule has 36 heavy (non-hydrogen) atoms. The predicted molar refractivity (Wildman–Crippen MR) is 98.0 cm³/mol. The van der Waals surface area contributed by atoms with E-state index >= 15 is 0 Å². The minimum atomic E-state index is -5.98. The Labute approximate surface area is 195 Å². The summed E-state index contributed by atoms with van der Waals surface area (Å²) in [6, 6.07) is 0.0787. The predicted octanol–water partition coefficient (Wildman–Crippen LogP) is 3.13. The maximum Gasteiger partial charge on any atom is 0.448 e. The second-order valence-electron chi connectivity index (χ2n) is 6.66. The number of carbonyl (C=O) groups is 3. The molecule has 1 aromatic rings. The van der Waals surface area contributed by atoms with Crippen LogP contribution in [-0.4, -0.2) is 67.7 Å². The van der Waals surface area contributed by atoms with E-state index in [2.05, 4.69) is 14.2 Å². The molecule has 1 aromatic carbocycles. The molecule has 2 amide bonds. The molecule has 204 valence electrons. The summed E-state index contributed by atoms with van der Waals surface area (Å²) in [5, 5.41) is 12.4. The highest BCUT2D eigenvalue weighted by Crippen LogP contribution is 2.40. The van der Waals surface area contributed by atoms with Gasteiger partial charge in [0, 0.05) is 11.3 Å². The van der Waals surface area contributed by atoms with E-state index in [1.807, 2.05) is 0 Å². The SMILES string of the molecule is CCOC(=O)[C@](NC(=O)Nc1ccc([C@](O)(C(=O)OC)C(F)(F)F)cc1)(OCC(F)(F)F)C(F)(F)F. The van der Waals surface area contributed by atoms with E-state index < -0.39 is 72.3 Å². The highest BCUT2D eigenvalue weighted by molar-refractivity contribution is 5.94. The zero-order chi connectivity index (χ0) is 28.2. The second-order valence-corrected chi connectivity index (χ2v) is 6.66. The lowest BCUT2D eigenvalue weighted by Gasteiger charge is -2.33. The number of alkyl halides is 9. The first-order chi connectivity index (χ1) is 16.2. The summed E-state index contributed by atoms with van der Waals surface area (Å²) in [5.74, 6) is -4.57. The number of hydrogen-bond donors (Lipinski definition) is 3. The van der Waals surface area contributed by atoms with Crippen LogP contribution in [0.4, 0.5) is 50.0 Å². The number of esters is 2. The van der Waals surface area contributed by atoms with Crippen molar-refractivity contribution in [1.82, 2.24) is 5.32 Å². The van der Waals surface area contributed by atoms with Crippen LogP contribution < -0.4 is 10.6 Å². The quantitative estimate of drug-likeness (QED) is 0.261. The number of methoxy groups -OCH3 is 1. The molecule has 0 heterocycles. The van der Waals surface area contributed by atoms with E-state index in [4.69, 9.17) is 0 Å². The van der Waals surface area contributed by atoms with Crippen LogP contribution in [0.3, 0.4) is 0 Å². The van der Waals surface area contributed by atoms with E-state index in [1.165, 1.54) is 0 Å². The lowest BCUT2D eigenvalue weighted by Crippen LogP contribution is -2.67. The maximum absolute atomic E-state index is 13.6. The highest BCUT2D eigenvalue weighted by atomic mass is 19.4. The van der Waals surface area contributed by atoms with Gasteiger partial charge in [-0.2, -0.15) is 39.5 Å². The fourth-order valence-electron chi connectivity index (χ4n) is 2.50. The van der Waals surface area contributed by atoms with Crippen molar-refractivity contribution in [3.8, 4) is 0 Å². The van der Waals surface area contributed by atoms with Crippen molar-refractivity contribution in [3.05, 3.63) is 29.8 Å². The van der Waals surface area contributed by atoms with Gasteiger partial charge in [-0.05, 0) is 19.1 Å². The van der Waals surface area contributed by atoms with E-state index in [-0.39, 0.29) is 0 Å². The van der Waals surface area contributed by atoms with Crippen molar-refractivity contribution in [1.29, 1.82) is 0 Å². The average Bonchev–Trinajstić information content (AvgIpc) is 2.73. The Morgan fingerprint density at radius 3 is 1.81 bits per heavy atom. The summed E-state index contributed by atoms with van der Waals surface area (Å²) in [7, 11) is 0.552. The lowest BCUT2D eigenvalue weighted by molar-refractivity contribution is -0.305. The van der Waals surface area contributed by atoms with Crippen molar-refractivity contribution < 1.29 is 73.2 Å². The molecule has 1 rings (SSSR count). The maximum atomic E-state index is 13.6. The molecule has 0 radical (unpaired) electrons. The van der Waals surface area contributed by atoms with Crippen LogP contribution in [0.15, 0.2) is 24.3 Å². The third-order valence-corrected chi connectivity index (χ3v) is 4.16. The summed E-state index contributed by atoms with van der Waals surface area (Å²) in [6.07, 6.45) is -16.9. The molecular weight excluding hydrogens is 527 g/mol. The molecule has 18 heteroatoms. The third kappa shape index (κ3) is 6.68. The van der Waals surface area contributed by atoms with Crippen LogP contribution in [-0.2, 0) is 29.4 Å². The Hall–Kier alpha value is -3.28. The van der Waals surface area contributed by atoms with Crippen LogP contribution in [0.2, 0.25) is 0 Å². The van der Waals surface area contributed by atoms with Crippen molar-refractivity contribution in [2.75, 3.05) is 25.6 Å². The van der Waals surface area contributed by atoms with Gasteiger partial charge in [0.05, 0.1) is 13.7 Å². The van der Waals surface area contributed by atoms with Gasteiger partial charge < -0.3 is 24.6 Å². The molecule has 0 saturated heterocycles. The Morgan fingerprint density at radius 2 is 1.42 bits per heavy atom. The summed E-state index contributed by atoms with van der Waals surface area (Å²) in [4.78, 5) is 35.5. The molecule has 0 saturated carbocycles. The van der Waals surface area contributed by atoms with Gasteiger partial charge >= 0.3 is 42.2 Å². The van der Waals surface area contributed by atoms with Crippen LogP contribution >= 0.6 is 0 Å². The number of benzene rings is 1. The molecule has 9 nitrogen and oxygen atoms in total. The number of nitrogens with one attached hydrogen (secondary N) is 2. The zero-order valence-electron chi connectivity index (χ0n) is 18.0. The number of amides is 2. The minimum Gasteiger partial charge on any atom is -0.466 e. The Morgan fingerprint density at radius 1 is 0.889 bits per heavy atom. The van der Waals surface area contributed by atoms with Gasteiger partial charge in [0.25, 0.3) is 5.60 Å². The number of aliphatic hydroxyl groups is 1. The van der Waals surface area contributed by atoms with E-state index in [1.54, 1.807) is 5.32 Å². The Bertz CT molecular complexity index is 948. The first kappa shape index (κ1) is 30.8. The van der Waals surface area contributed by atoms with Gasteiger partial charge in [-0.3, -0.25) is 5.32 Å². The number of rotatable bonds is 8. The zero-order valence-corrected chi connectivity index (χ0v) is 18.0. The second kappa shape index (κ2) is 10.8. The summed E-state index contributed by atoms with van der Waals surface area (Å²) in [5.41, 5.74) is -10.5. The number of halogens is 9. The van der Waals surface area contributed by atoms with Crippen LogP contribution in [0.25, 0.3) is 0 Å². The molecule has 0 aliphatic rings. The van der Waals surface area contributed by atoms with E-state index in [0.29, 0.717) is 31.4 Å². The van der Waals surface area contributed by atoms with Crippen molar-refractivity contribution in [3.63, 3.8) is 0 Å². The standard InChI is InChI=1S/C18H17F9N2O7/c1-3-35-12(31)16(18(25,26)27,36-8-14(19,20)21)29-13(32)28-10-6-4-9(5-7-10)15(33,11(30)34-2)17(22,23)24/h4-7,33H,3,8H2,1-2H3,(H2,28,29,32)/t15-,16-/m0/s1. The van der Waals surface area contributed by atoms with Crippen molar-refractivity contribution in [2.45, 2.75) is 36.8 Å². The molecule has 0 fully saturated rings. The van der Waals surface area contributed by atoms with Crippen LogP contribution in [0.1, 0.15) is 12.5 Å². The summed E-state index contributed by atoms with van der Waals surface area (Å²) < 4.78 is 130. The summed E-state index contributed by atoms with van der Waals surface area (Å²) >= 11 is 0. The topological polar surface area (TPSA) is 123 Å². The largest absolute Gasteiger partial charge is 0.466 e. The van der Waals surface area contributed by atoms with Gasteiger partial charge in [-0.25, -0.2) is 14.4 Å². The molecule has 0 aliphatic heterocycles. The van der Waals surface area contributed by atoms with Gasteiger partial charge in [0.2, 0.25) is 0 Å². The molecule has 0 aliphatic carbocycles. The number of ether oxygens (including phenoxy) is 3. The first-order valence-electron chi connectivity index (χ1n) is 9.27. The molecule has 0 spiro atoms. The molecule has 2 atom stereocenters. The van der Waals surface area contributed by atoms with Crippen LogP contribution in [0, 0.1) is 0 Å². The third-order valence-electron chi connectivity index (χ3n) is 4.16. The number of anilines is 1. The van der Waals surface area contributed by atoms with E-state index in [0.717, 1.165) is 12.2 Å². The molecular formula is C18H17F9N2O7. The monoisotopic (exact) mass is 544 g/mol. The first-order valence-corrected chi connectivity index (χ1v) is 9.27.